The summed E-state index contributed by atoms with van der Waals surface area (Å²) >= 11 is 0. The summed E-state index contributed by atoms with van der Waals surface area (Å²) < 4.78 is 6.10. The number of hydrogen-bond donors (Lipinski definition) is 0. The molecule has 1 aliphatic rings. The molecule has 1 rings (SSSR count). The van der Waals surface area contributed by atoms with E-state index in [1.807, 2.05) is 0 Å². The molecule has 0 N–H and O–H groups in total. The Morgan fingerprint density at radius 1 is 1.20 bits per heavy atom. The van der Waals surface area contributed by atoms with Crippen LogP contribution < -0.4 is 0 Å². The van der Waals surface area contributed by atoms with Crippen LogP contribution in [0.5, 0.6) is 0 Å². The van der Waals surface area contributed by atoms with Gasteiger partial charge in [0, 0.05) is 0 Å². The van der Waals surface area contributed by atoms with Crippen LogP contribution in [0.2, 0.25) is 19.6 Å². The van der Waals surface area contributed by atoms with Crippen LogP contribution in [0, 0.1) is 17.2 Å². The number of allylic oxidation sites excluding steroid dienone is 2. The zero-order chi connectivity index (χ0) is 11.3. The van der Waals surface area contributed by atoms with Gasteiger partial charge in [-0.1, -0.05) is 12.2 Å². The normalized spacial score (nSPS) is 30.0. The Bertz CT molecular complexity index is 262. The second-order valence-corrected chi connectivity index (χ2v) is 9.59. The van der Waals surface area contributed by atoms with Crippen LogP contribution in [0.3, 0.4) is 0 Å². The van der Waals surface area contributed by atoms with E-state index < -0.39 is 8.32 Å². The molecule has 0 heterocycles. The first-order valence-corrected chi connectivity index (χ1v) is 9.16. The number of nitrogens with zero attached hydrogens (tertiary/aromatic N) is 1. The fourth-order valence-corrected chi connectivity index (χ4v) is 3.09. The molecular formula is C12H21NOSi. The van der Waals surface area contributed by atoms with Gasteiger partial charge in [0.1, 0.15) is 0 Å². The van der Waals surface area contributed by atoms with Gasteiger partial charge in [0.2, 0.25) is 0 Å². The minimum absolute atomic E-state index is 0.0849. The summed E-state index contributed by atoms with van der Waals surface area (Å²) in [4.78, 5) is 0. The van der Waals surface area contributed by atoms with E-state index in [-0.39, 0.29) is 12.0 Å². The zero-order valence-corrected chi connectivity index (χ0v) is 11.0. The van der Waals surface area contributed by atoms with Crippen molar-refractivity contribution in [2.75, 3.05) is 0 Å². The van der Waals surface area contributed by atoms with Crippen molar-refractivity contribution in [3.63, 3.8) is 0 Å². The van der Waals surface area contributed by atoms with Crippen LogP contribution >= 0.6 is 0 Å². The fraction of sp³-hybridized carbons (Fsp3) is 0.750. The predicted molar refractivity (Wildman–Crippen MR) is 64.9 cm³/mol. The van der Waals surface area contributed by atoms with E-state index in [1.54, 1.807) is 0 Å². The van der Waals surface area contributed by atoms with Gasteiger partial charge in [-0.05, 0) is 45.3 Å². The van der Waals surface area contributed by atoms with Crippen LogP contribution in [0.25, 0.3) is 0 Å². The van der Waals surface area contributed by atoms with E-state index >= 15 is 0 Å². The van der Waals surface area contributed by atoms with Crippen LogP contribution in [0.1, 0.15) is 25.7 Å². The van der Waals surface area contributed by atoms with Crippen molar-refractivity contribution < 1.29 is 4.43 Å². The standard InChI is InChI=1S/C12H21NOSi/c1-15(2,3)14-12-9-7-5-4-6-8-11(12)10-13/h4-5,11-12H,6-9H2,1-3H3/b5-4-/t11-,12+/m0/s1. The summed E-state index contributed by atoms with van der Waals surface area (Å²) in [5.41, 5.74) is 0. The summed E-state index contributed by atoms with van der Waals surface area (Å²) in [6.45, 7) is 6.57. The molecule has 0 aromatic carbocycles. The van der Waals surface area contributed by atoms with Crippen LogP contribution in [0.4, 0.5) is 0 Å². The lowest BCUT2D eigenvalue weighted by Crippen LogP contribution is -2.36. The van der Waals surface area contributed by atoms with Gasteiger partial charge in [0.15, 0.2) is 8.32 Å². The average molecular weight is 223 g/mol. The Morgan fingerprint density at radius 2 is 1.80 bits per heavy atom. The number of rotatable bonds is 2. The molecule has 15 heavy (non-hydrogen) atoms. The number of nitriles is 1. The van der Waals surface area contributed by atoms with E-state index in [2.05, 4.69) is 37.9 Å². The first kappa shape index (κ1) is 12.5. The SMILES string of the molecule is C[Si](C)(C)O[C@@H]1CC/C=C\CC[C@H]1C#N. The lowest BCUT2D eigenvalue weighted by Gasteiger charge is -2.30. The maximum Gasteiger partial charge on any atom is 0.184 e. The van der Waals surface area contributed by atoms with E-state index in [4.69, 9.17) is 9.69 Å². The Balaban J connectivity index is 2.64. The van der Waals surface area contributed by atoms with Crippen molar-refractivity contribution in [1.82, 2.24) is 0 Å². The highest BCUT2D eigenvalue weighted by molar-refractivity contribution is 6.69. The molecule has 0 fully saturated rings. The summed E-state index contributed by atoms with van der Waals surface area (Å²) in [5.74, 6) is 0.0849. The second kappa shape index (κ2) is 5.48. The predicted octanol–water partition coefficient (Wildman–Crippen LogP) is 3.48. The summed E-state index contributed by atoms with van der Waals surface area (Å²) in [5, 5.41) is 9.14. The van der Waals surface area contributed by atoms with Crippen molar-refractivity contribution in [2.45, 2.75) is 51.4 Å². The Kier molecular flexibility index (Phi) is 4.56. The lowest BCUT2D eigenvalue weighted by molar-refractivity contribution is 0.138. The summed E-state index contributed by atoms with van der Waals surface area (Å²) in [6.07, 6.45) is 8.58. The van der Waals surface area contributed by atoms with E-state index in [0.29, 0.717) is 0 Å². The molecule has 84 valence electrons. The maximum atomic E-state index is 9.14. The third kappa shape index (κ3) is 4.63. The molecule has 0 aromatic heterocycles. The molecule has 1 aliphatic carbocycles. The first-order valence-electron chi connectivity index (χ1n) is 5.75. The molecule has 0 saturated carbocycles. The molecule has 0 amide bonds. The Labute approximate surface area is 94.1 Å². The molecule has 0 radical (unpaired) electrons. The summed E-state index contributed by atoms with van der Waals surface area (Å²) in [7, 11) is -1.52. The van der Waals surface area contributed by atoms with Gasteiger partial charge in [0.05, 0.1) is 18.1 Å². The van der Waals surface area contributed by atoms with Gasteiger partial charge in [-0.15, -0.1) is 0 Å². The number of hydrogen-bond acceptors (Lipinski definition) is 2. The molecule has 0 spiro atoms. The molecule has 0 unspecified atom stereocenters. The topological polar surface area (TPSA) is 33.0 Å². The van der Waals surface area contributed by atoms with Crippen LogP contribution in [0.15, 0.2) is 12.2 Å². The lowest BCUT2D eigenvalue weighted by atomic mass is 9.93. The van der Waals surface area contributed by atoms with Crippen molar-refractivity contribution in [1.29, 1.82) is 5.26 Å². The minimum atomic E-state index is -1.52. The van der Waals surface area contributed by atoms with E-state index in [9.17, 15) is 0 Å². The van der Waals surface area contributed by atoms with E-state index in [1.165, 1.54) is 0 Å². The third-order valence-corrected chi connectivity index (χ3v) is 3.56. The maximum absolute atomic E-state index is 9.14. The highest BCUT2D eigenvalue weighted by Gasteiger charge is 2.27. The average Bonchev–Trinajstić information content (AvgIpc) is 2.08. The molecule has 2 atom stereocenters. The highest BCUT2D eigenvalue weighted by Crippen LogP contribution is 2.24. The van der Waals surface area contributed by atoms with Crippen molar-refractivity contribution in [2.24, 2.45) is 5.92 Å². The quantitative estimate of drug-likeness (QED) is 0.530. The third-order valence-electron chi connectivity index (χ3n) is 2.55. The molecule has 3 heteroatoms. The zero-order valence-electron chi connectivity index (χ0n) is 9.99. The molecular weight excluding hydrogens is 202 g/mol. The van der Waals surface area contributed by atoms with Gasteiger partial charge < -0.3 is 4.43 Å². The van der Waals surface area contributed by atoms with Crippen LogP contribution in [-0.2, 0) is 4.43 Å². The summed E-state index contributed by atoms with van der Waals surface area (Å²) in [6, 6.07) is 2.41. The minimum Gasteiger partial charge on any atom is -0.413 e. The van der Waals surface area contributed by atoms with Crippen LogP contribution in [-0.4, -0.2) is 14.4 Å². The largest absolute Gasteiger partial charge is 0.413 e. The first-order chi connectivity index (χ1) is 7.03. The van der Waals surface area contributed by atoms with Gasteiger partial charge >= 0.3 is 0 Å². The van der Waals surface area contributed by atoms with Gasteiger partial charge in [-0.25, -0.2) is 0 Å². The Morgan fingerprint density at radius 3 is 2.33 bits per heavy atom. The monoisotopic (exact) mass is 223 g/mol. The highest BCUT2D eigenvalue weighted by atomic mass is 28.4. The molecule has 0 aromatic rings. The van der Waals surface area contributed by atoms with Gasteiger partial charge in [-0.3, -0.25) is 0 Å². The van der Waals surface area contributed by atoms with E-state index in [0.717, 1.165) is 25.7 Å². The van der Waals surface area contributed by atoms with Crippen molar-refractivity contribution in [3.05, 3.63) is 12.2 Å². The Hall–Kier alpha value is -0.593. The fourth-order valence-electron chi connectivity index (χ4n) is 1.90. The molecule has 0 bridgehead atoms. The molecule has 0 aliphatic heterocycles. The van der Waals surface area contributed by atoms with Crippen molar-refractivity contribution in [3.8, 4) is 6.07 Å². The van der Waals surface area contributed by atoms with Gasteiger partial charge in [0.25, 0.3) is 0 Å². The van der Waals surface area contributed by atoms with Gasteiger partial charge in [-0.2, -0.15) is 5.26 Å². The van der Waals surface area contributed by atoms with Crippen molar-refractivity contribution >= 4 is 8.32 Å². The molecule has 2 nitrogen and oxygen atoms in total. The molecule has 0 saturated heterocycles. The second-order valence-electron chi connectivity index (χ2n) is 5.13. The smallest absolute Gasteiger partial charge is 0.184 e.